The van der Waals surface area contributed by atoms with Crippen molar-refractivity contribution in [1.29, 1.82) is 0 Å². The Bertz CT molecular complexity index is 1170. The van der Waals surface area contributed by atoms with Crippen LogP contribution in [0.15, 0.2) is 77.1 Å². The second-order valence-electron chi connectivity index (χ2n) is 8.41. The van der Waals surface area contributed by atoms with Gasteiger partial charge in [0, 0.05) is 48.5 Å². The first kappa shape index (κ1) is 23.4. The number of allylic oxidation sites excluding steroid dienone is 3. The van der Waals surface area contributed by atoms with Gasteiger partial charge in [-0.2, -0.15) is 0 Å². The summed E-state index contributed by atoms with van der Waals surface area (Å²) in [6.45, 7) is 2.11. The predicted octanol–water partition coefficient (Wildman–Crippen LogP) is 4.15. The van der Waals surface area contributed by atoms with Gasteiger partial charge in [0.2, 0.25) is 0 Å². The van der Waals surface area contributed by atoms with Gasteiger partial charge in [0.1, 0.15) is 6.61 Å². The molecule has 1 aliphatic heterocycles. The number of ether oxygens (including phenoxy) is 2. The average molecular weight is 463 g/mol. The Morgan fingerprint density at radius 3 is 2.41 bits per heavy atom. The molecule has 1 N–H and O–H groups in total. The van der Waals surface area contributed by atoms with Crippen LogP contribution in [0.25, 0.3) is 0 Å². The van der Waals surface area contributed by atoms with Crippen LogP contribution in [0.1, 0.15) is 42.7 Å². The van der Waals surface area contributed by atoms with E-state index < -0.39 is 16.8 Å². The number of hydrogen-bond acceptors (Lipinski definition) is 7. The van der Waals surface area contributed by atoms with E-state index in [2.05, 4.69) is 5.32 Å². The number of Topliss-reactive ketones (excluding diaryl/α,β-unsaturated/α-hetero) is 1. The average Bonchev–Trinajstić information content (AvgIpc) is 2.83. The van der Waals surface area contributed by atoms with Gasteiger partial charge in [-0.3, -0.25) is 14.9 Å². The Labute approximate surface area is 197 Å². The minimum Gasteiger partial charge on any atom is -0.460 e. The van der Waals surface area contributed by atoms with Gasteiger partial charge in [-0.15, -0.1) is 0 Å². The molecule has 0 bridgehead atoms. The van der Waals surface area contributed by atoms with Crippen molar-refractivity contribution in [2.45, 2.75) is 31.6 Å². The summed E-state index contributed by atoms with van der Waals surface area (Å²) >= 11 is 0. The SMILES string of the molecule is COCCOC(=O)C1=C(C)NC2=C(C(=O)C[C@H](c3ccccc3)C2)[C@@H]1c1ccc([N+](=O)[O-])cc1. The number of non-ortho nitro benzene ring substituents is 1. The zero-order valence-corrected chi connectivity index (χ0v) is 19.1. The first-order chi connectivity index (χ1) is 16.4. The van der Waals surface area contributed by atoms with E-state index in [9.17, 15) is 19.7 Å². The third-order valence-corrected chi connectivity index (χ3v) is 6.28. The molecule has 2 aromatic rings. The van der Waals surface area contributed by atoms with Crippen molar-refractivity contribution in [2.75, 3.05) is 20.3 Å². The number of benzene rings is 2. The zero-order chi connectivity index (χ0) is 24.2. The fraction of sp³-hybridized carbons (Fsp3) is 0.308. The quantitative estimate of drug-likeness (QED) is 0.285. The van der Waals surface area contributed by atoms with E-state index in [4.69, 9.17) is 9.47 Å². The molecule has 2 atom stereocenters. The van der Waals surface area contributed by atoms with Crippen molar-refractivity contribution in [3.05, 3.63) is 98.4 Å². The molecule has 34 heavy (non-hydrogen) atoms. The Kier molecular flexibility index (Phi) is 6.88. The molecule has 0 fully saturated rings. The molecule has 0 aromatic heterocycles. The van der Waals surface area contributed by atoms with E-state index in [1.54, 1.807) is 19.1 Å². The number of rotatable bonds is 7. The number of nitrogens with one attached hydrogen (secondary N) is 1. The van der Waals surface area contributed by atoms with Crippen LogP contribution in [0, 0.1) is 10.1 Å². The van der Waals surface area contributed by atoms with Gasteiger partial charge in [-0.25, -0.2) is 4.79 Å². The van der Waals surface area contributed by atoms with Crippen LogP contribution in [0.2, 0.25) is 0 Å². The van der Waals surface area contributed by atoms with E-state index in [0.29, 0.717) is 35.2 Å². The Hall–Kier alpha value is -3.78. The van der Waals surface area contributed by atoms with E-state index >= 15 is 0 Å². The third kappa shape index (κ3) is 4.63. The van der Waals surface area contributed by atoms with Crippen LogP contribution in [0.4, 0.5) is 5.69 Å². The number of hydrogen-bond donors (Lipinski definition) is 1. The number of ketones is 1. The number of nitrogens with zero attached hydrogens (tertiary/aromatic N) is 1. The van der Waals surface area contributed by atoms with Crippen LogP contribution >= 0.6 is 0 Å². The normalized spacial score (nSPS) is 20.0. The minimum atomic E-state index is -0.670. The van der Waals surface area contributed by atoms with Crippen molar-refractivity contribution in [1.82, 2.24) is 5.32 Å². The van der Waals surface area contributed by atoms with Crippen LogP contribution in [0.3, 0.4) is 0 Å². The highest BCUT2D eigenvalue weighted by Crippen LogP contribution is 2.45. The number of dihydropyridines is 1. The molecular weight excluding hydrogens is 436 g/mol. The molecule has 176 valence electrons. The molecule has 0 saturated heterocycles. The summed E-state index contributed by atoms with van der Waals surface area (Å²) in [5.41, 5.74) is 3.88. The molecule has 1 aliphatic carbocycles. The summed E-state index contributed by atoms with van der Waals surface area (Å²) in [6.07, 6.45) is 0.941. The van der Waals surface area contributed by atoms with Gasteiger partial charge in [0.15, 0.2) is 5.78 Å². The van der Waals surface area contributed by atoms with Crippen LogP contribution in [-0.4, -0.2) is 37.0 Å². The van der Waals surface area contributed by atoms with E-state index in [1.165, 1.54) is 19.2 Å². The lowest BCUT2D eigenvalue weighted by Crippen LogP contribution is -2.36. The lowest BCUT2D eigenvalue weighted by atomic mass is 9.71. The number of carbonyl (C=O) groups is 2. The minimum absolute atomic E-state index is 0.0282. The van der Waals surface area contributed by atoms with Crippen molar-refractivity contribution in [3.63, 3.8) is 0 Å². The summed E-state index contributed by atoms with van der Waals surface area (Å²) in [6, 6.07) is 15.9. The van der Waals surface area contributed by atoms with Crippen LogP contribution < -0.4 is 5.32 Å². The maximum absolute atomic E-state index is 13.5. The van der Waals surface area contributed by atoms with E-state index in [0.717, 1.165) is 11.3 Å². The summed E-state index contributed by atoms with van der Waals surface area (Å²) in [7, 11) is 1.52. The lowest BCUT2D eigenvalue weighted by Gasteiger charge is -2.36. The highest BCUT2D eigenvalue weighted by atomic mass is 16.6. The molecule has 0 spiro atoms. The molecule has 8 nitrogen and oxygen atoms in total. The second kappa shape index (κ2) is 10.0. The molecule has 0 saturated carbocycles. The Balaban J connectivity index is 1.76. The maximum atomic E-state index is 13.5. The summed E-state index contributed by atoms with van der Waals surface area (Å²) in [4.78, 5) is 37.3. The van der Waals surface area contributed by atoms with Gasteiger partial charge in [0.25, 0.3) is 5.69 Å². The van der Waals surface area contributed by atoms with Gasteiger partial charge in [-0.05, 0) is 30.4 Å². The summed E-state index contributed by atoms with van der Waals surface area (Å²) < 4.78 is 10.4. The monoisotopic (exact) mass is 462 g/mol. The highest BCUT2D eigenvalue weighted by molar-refractivity contribution is 6.04. The van der Waals surface area contributed by atoms with E-state index in [-0.39, 0.29) is 30.6 Å². The van der Waals surface area contributed by atoms with Gasteiger partial charge in [0.05, 0.1) is 17.1 Å². The van der Waals surface area contributed by atoms with Crippen molar-refractivity contribution in [3.8, 4) is 0 Å². The Morgan fingerprint density at radius 2 is 1.76 bits per heavy atom. The first-order valence-electron chi connectivity index (χ1n) is 11.1. The third-order valence-electron chi connectivity index (χ3n) is 6.28. The molecule has 8 heteroatoms. The van der Waals surface area contributed by atoms with Crippen LogP contribution in [0.5, 0.6) is 0 Å². The number of carbonyl (C=O) groups excluding carboxylic acids is 2. The lowest BCUT2D eigenvalue weighted by molar-refractivity contribution is -0.384. The molecule has 0 unspecified atom stereocenters. The van der Waals surface area contributed by atoms with Gasteiger partial charge in [-0.1, -0.05) is 42.5 Å². The molecule has 0 amide bonds. The standard InChI is InChI=1S/C26H26N2O6/c1-16-23(26(30)34-13-12-33-2)24(18-8-10-20(11-9-18)28(31)32)25-21(27-16)14-19(15-22(25)29)17-6-4-3-5-7-17/h3-11,19,24,27H,12-15H2,1-2H3/t19-,24-/m1/s1. The van der Waals surface area contributed by atoms with Crippen molar-refractivity contribution >= 4 is 17.4 Å². The Morgan fingerprint density at radius 1 is 1.06 bits per heavy atom. The van der Waals surface area contributed by atoms with Gasteiger partial charge < -0.3 is 14.8 Å². The molecule has 1 heterocycles. The predicted molar refractivity (Wildman–Crippen MR) is 125 cm³/mol. The smallest absolute Gasteiger partial charge is 0.336 e. The summed E-state index contributed by atoms with van der Waals surface area (Å²) in [5.74, 6) is -1.24. The summed E-state index contributed by atoms with van der Waals surface area (Å²) in [5, 5.41) is 14.4. The number of esters is 1. The largest absolute Gasteiger partial charge is 0.460 e. The molecule has 2 aromatic carbocycles. The zero-order valence-electron chi connectivity index (χ0n) is 19.1. The van der Waals surface area contributed by atoms with Gasteiger partial charge >= 0.3 is 5.97 Å². The van der Waals surface area contributed by atoms with Crippen molar-refractivity contribution in [2.24, 2.45) is 0 Å². The molecular formula is C26H26N2O6. The number of methoxy groups -OCH3 is 1. The fourth-order valence-electron chi connectivity index (χ4n) is 4.69. The molecule has 2 aliphatic rings. The topological polar surface area (TPSA) is 108 Å². The fourth-order valence-corrected chi connectivity index (χ4v) is 4.69. The first-order valence-corrected chi connectivity index (χ1v) is 11.1. The van der Waals surface area contributed by atoms with Crippen molar-refractivity contribution < 1.29 is 24.0 Å². The second-order valence-corrected chi connectivity index (χ2v) is 8.41. The van der Waals surface area contributed by atoms with Crippen LogP contribution in [-0.2, 0) is 19.1 Å². The molecule has 0 radical (unpaired) electrons. The number of nitro groups is 1. The maximum Gasteiger partial charge on any atom is 0.336 e. The highest BCUT2D eigenvalue weighted by Gasteiger charge is 2.41. The van der Waals surface area contributed by atoms with E-state index in [1.807, 2.05) is 30.3 Å². The molecule has 4 rings (SSSR count). The number of nitro benzene ring substituents is 1.